The number of aromatic nitrogens is 3. The number of amides is 1. The molecule has 1 aromatic heterocycles. The lowest BCUT2D eigenvalue weighted by Gasteiger charge is -2.26. The van der Waals surface area contributed by atoms with E-state index in [-0.39, 0.29) is 5.91 Å². The molecule has 116 valence electrons. The first kappa shape index (κ1) is 15.5. The van der Waals surface area contributed by atoms with E-state index >= 15 is 0 Å². The highest BCUT2D eigenvalue weighted by Crippen LogP contribution is 2.17. The van der Waals surface area contributed by atoms with Crippen LogP contribution in [0, 0.1) is 0 Å². The normalized spacial score (nSPS) is 14.9. The topological polar surface area (TPSA) is 80.2 Å². The maximum atomic E-state index is 11.5. The van der Waals surface area contributed by atoms with Gasteiger partial charge >= 0.3 is 6.01 Å². The molecular weight excluding hydrogens is 270 g/mol. The standard InChI is InChI=1S/C14H23N5O2/c1-3-7-12(20)15-10-11-16-13(18-14(17-11)21-2)19-8-5-4-6-9-19/h3-10H2,1-2H3,(H,15,20). The molecule has 7 nitrogen and oxygen atoms in total. The number of hydrogen-bond acceptors (Lipinski definition) is 6. The zero-order valence-electron chi connectivity index (χ0n) is 12.8. The van der Waals surface area contributed by atoms with E-state index in [1.165, 1.54) is 13.5 Å². The van der Waals surface area contributed by atoms with Crippen LogP contribution >= 0.6 is 0 Å². The number of hydrogen-bond donors (Lipinski definition) is 1. The highest BCUT2D eigenvalue weighted by molar-refractivity contribution is 5.75. The van der Waals surface area contributed by atoms with Crippen LogP contribution in [0.4, 0.5) is 5.95 Å². The lowest BCUT2D eigenvalue weighted by Crippen LogP contribution is -2.32. The average molecular weight is 293 g/mol. The summed E-state index contributed by atoms with van der Waals surface area (Å²) in [4.78, 5) is 26.6. The van der Waals surface area contributed by atoms with Gasteiger partial charge in [0.15, 0.2) is 5.82 Å². The number of carbonyl (C=O) groups is 1. The Morgan fingerprint density at radius 1 is 1.24 bits per heavy atom. The fourth-order valence-electron chi connectivity index (χ4n) is 2.29. The van der Waals surface area contributed by atoms with E-state index in [4.69, 9.17) is 4.74 Å². The third kappa shape index (κ3) is 4.54. The van der Waals surface area contributed by atoms with Crippen molar-refractivity contribution >= 4 is 11.9 Å². The van der Waals surface area contributed by atoms with Crippen molar-refractivity contribution in [2.45, 2.75) is 45.6 Å². The Labute approximate surface area is 125 Å². The summed E-state index contributed by atoms with van der Waals surface area (Å²) in [5.74, 6) is 1.18. The second-order valence-electron chi connectivity index (χ2n) is 5.11. The monoisotopic (exact) mass is 293 g/mol. The van der Waals surface area contributed by atoms with Crippen LogP contribution in [0.1, 0.15) is 44.9 Å². The van der Waals surface area contributed by atoms with Crippen LogP contribution in [-0.2, 0) is 11.3 Å². The Morgan fingerprint density at radius 2 is 2.00 bits per heavy atom. The second-order valence-corrected chi connectivity index (χ2v) is 5.11. The molecule has 2 rings (SSSR count). The summed E-state index contributed by atoms with van der Waals surface area (Å²) >= 11 is 0. The van der Waals surface area contributed by atoms with Gasteiger partial charge in [-0.1, -0.05) is 6.92 Å². The number of nitrogens with one attached hydrogen (secondary N) is 1. The third-order valence-electron chi connectivity index (χ3n) is 3.39. The minimum Gasteiger partial charge on any atom is -0.467 e. The van der Waals surface area contributed by atoms with Crippen molar-refractivity contribution in [1.82, 2.24) is 20.3 Å². The predicted molar refractivity (Wildman–Crippen MR) is 79.2 cm³/mol. The van der Waals surface area contributed by atoms with Gasteiger partial charge in [0.05, 0.1) is 13.7 Å². The van der Waals surface area contributed by atoms with Gasteiger partial charge in [0.25, 0.3) is 0 Å². The zero-order chi connectivity index (χ0) is 15.1. The van der Waals surface area contributed by atoms with Gasteiger partial charge in [-0.15, -0.1) is 0 Å². The molecule has 1 N–H and O–H groups in total. The Morgan fingerprint density at radius 3 is 2.67 bits per heavy atom. The van der Waals surface area contributed by atoms with Gasteiger partial charge in [0.2, 0.25) is 11.9 Å². The Hall–Kier alpha value is -1.92. The van der Waals surface area contributed by atoms with E-state index in [9.17, 15) is 4.79 Å². The number of ether oxygens (including phenoxy) is 1. The van der Waals surface area contributed by atoms with Gasteiger partial charge in [-0.2, -0.15) is 15.0 Å². The number of carbonyl (C=O) groups excluding carboxylic acids is 1. The van der Waals surface area contributed by atoms with Crippen LogP contribution in [0.5, 0.6) is 6.01 Å². The summed E-state index contributed by atoms with van der Waals surface area (Å²) in [5, 5.41) is 2.82. The van der Waals surface area contributed by atoms with Gasteiger partial charge in [-0.25, -0.2) is 0 Å². The molecule has 1 aliphatic rings. The average Bonchev–Trinajstić information content (AvgIpc) is 2.54. The molecular formula is C14H23N5O2. The van der Waals surface area contributed by atoms with Crippen molar-refractivity contribution in [1.29, 1.82) is 0 Å². The molecule has 1 fully saturated rings. The van der Waals surface area contributed by atoms with Crippen molar-refractivity contribution in [3.8, 4) is 6.01 Å². The molecule has 0 spiro atoms. The van der Waals surface area contributed by atoms with Gasteiger partial charge in [-0.05, 0) is 25.7 Å². The second kappa shape index (κ2) is 7.75. The van der Waals surface area contributed by atoms with Gasteiger partial charge in [0.1, 0.15) is 0 Å². The molecule has 1 aromatic rings. The van der Waals surface area contributed by atoms with Crippen LogP contribution in [-0.4, -0.2) is 41.1 Å². The fourth-order valence-corrected chi connectivity index (χ4v) is 2.29. The van der Waals surface area contributed by atoms with E-state index in [0.717, 1.165) is 32.4 Å². The van der Waals surface area contributed by atoms with E-state index in [0.29, 0.717) is 30.7 Å². The molecule has 2 heterocycles. The Kier molecular flexibility index (Phi) is 5.71. The highest BCUT2D eigenvalue weighted by Gasteiger charge is 2.16. The summed E-state index contributed by atoms with van der Waals surface area (Å²) in [6, 6.07) is 0.297. The van der Waals surface area contributed by atoms with Gasteiger partial charge in [-0.3, -0.25) is 4.79 Å². The minimum atomic E-state index is 0.0106. The van der Waals surface area contributed by atoms with Crippen molar-refractivity contribution in [2.75, 3.05) is 25.1 Å². The summed E-state index contributed by atoms with van der Waals surface area (Å²) < 4.78 is 5.14. The largest absolute Gasteiger partial charge is 0.467 e. The summed E-state index contributed by atoms with van der Waals surface area (Å²) in [5.41, 5.74) is 0. The number of nitrogens with zero attached hydrogens (tertiary/aromatic N) is 4. The van der Waals surface area contributed by atoms with E-state index in [1.807, 2.05) is 6.92 Å². The third-order valence-corrected chi connectivity index (χ3v) is 3.39. The number of anilines is 1. The van der Waals surface area contributed by atoms with Crippen LogP contribution < -0.4 is 15.0 Å². The molecule has 0 bridgehead atoms. The number of rotatable bonds is 6. The van der Waals surface area contributed by atoms with Crippen molar-refractivity contribution in [2.24, 2.45) is 0 Å². The lowest BCUT2D eigenvalue weighted by atomic mass is 10.1. The number of piperidine rings is 1. The molecule has 1 saturated heterocycles. The number of methoxy groups -OCH3 is 1. The van der Waals surface area contributed by atoms with E-state index in [1.54, 1.807) is 0 Å². The molecule has 0 saturated carbocycles. The van der Waals surface area contributed by atoms with Gasteiger partial charge < -0.3 is 15.0 Å². The first-order valence-electron chi connectivity index (χ1n) is 7.53. The maximum Gasteiger partial charge on any atom is 0.321 e. The Balaban J connectivity index is 2.07. The first-order chi connectivity index (χ1) is 10.2. The molecule has 1 amide bonds. The lowest BCUT2D eigenvalue weighted by molar-refractivity contribution is -0.121. The molecule has 0 aromatic carbocycles. The van der Waals surface area contributed by atoms with Crippen molar-refractivity contribution in [3.05, 3.63) is 5.82 Å². The summed E-state index contributed by atoms with van der Waals surface area (Å²) in [6.45, 7) is 4.18. The molecule has 21 heavy (non-hydrogen) atoms. The summed E-state index contributed by atoms with van der Waals surface area (Å²) in [7, 11) is 1.54. The molecule has 1 aliphatic heterocycles. The van der Waals surface area contributed by atoms with E-state index in [2.05, 4.69) is 25.2 Å². The van der Waals surface area contributed by atoms with E-state index < -0.39 is 0 Å². The molecule has 0 atom stereocenters. The molecule has 0 unspecified atom stereocenters. The van der Waals surface area contributed by atoms with Crippen LogP contribution in [0.2, 0.25) is 0 Å². The zero-order valence-corrected chi connectivity index (χ0v) is 12.8. The van der Waals surface area contributed by atoms with Crippen LogP contribution in [0.25, 0.3) is 0 Å². The smallest absolute Gasteiger partial charge is 0.321 e. The van der Waals surface area contributed by atoms with Gasteiger partial charge in [0, 0.05) is 19.5 Å². The van der Waals surface area contributed by atoms with Crippen molar-refractivity contribution < 1.29 is 9.53 Å². The quantitative estimate of drug-likeness (QED) is 0.851. The maximum absolute atomic E-state index is 11.5. The highest BCUT2D eigenvalue weighted by atomic mass is 16.5. The molecule has 7 heteroatoms. The van der Waals surface area contributed by atoms with Crippen LogP contribution in [0.15, 0.2) is 0 Å². The minimum absolute atomic E-state index is 0.0106. The molecule has 0 aliphatic carbocycles. The Bertz CT molecular complexity index is 474. The van der Waals surface area contributed by atoms with Crippen molar-refractivity contribution in [3.63, 3.8) is 0 Å². The predicted octanol–water partition coefficient (Wildman–Crippen LogP) is 1.29. The fraction of sp³-hybridized carbons (Fsp3) is 0.714. The summed E-state index contributed by atoms with van der Waals surface area (Å²) in [6.07, 6.45) is 4.89. The molecule has 0 radical (unpaired) electrons. The van der Waals surface area contributed by atoms with Crippen LogP contribution in [0.3, 0.4) is 0 Å². The SMILES string of the molecule is CCCC(=O)NCc1nc(OC)nc(N2CCCCC2)n1. The first-order valence-corrected chi connectivity index (χ1v) is 7.53.